The van der Waals surface area contributed by atoms with E-state index in [0.717, 1.165) is 12.5 Å². The minimum atomic E-state index is 0.619. The highest BCUT2D eigenvalue weighted by Crippen LogP contribution is 2.19. The van der Waals surface area contributed by atoms with Crippen LogP contribution in [-0.2, 0) is 0 Å². The molecule has 0 bridgehead atoms. The number of nitrogens with zero attached hydrogens (tertiary/aromatic N) is 2. The van der Waals surface area contributed by atoms with Crippen LogP contribution in [-0.4, -0.2) is 62.7 Å². The third-order valence-corrected chi connectivity index (χ3v) is 4.09. The minimum absolute atomic E-state index is 0.619. The van der Waals surface area contributed by atoms with Gasteiger partial charge in [0, 0.05) is 18.6 Å². The van der Waals surface area contributed by atoms with Crippen molar-refractivity contribution in [1.29, 1.82) is 0 Å². The van der Waals surface area contributed by atoms with Crippen molar-refractivity contribution in [1.82, 2.24) is 15.1 Å². The molecule has 0 saturated carbocycles. The third-order valence-electron chi connectivity index (χ3n) is 4.09. The summed E-state index contributed by atoms with van der Waals surface area (Å²) in [6, 6.07) is 1.28. The zero-order valence-electron chi connectivity index (χ0n) is 11.7. The Kier molecular flexibility index (Phi) is 5.73. The summed E-state index contributed by atoms with van der Waals surface area (Å²) in [7, 11) is 6.52. The third kappa shape index (κ3) is 4.40. The molecule has 1 aliphatic heterocycles. The zero-order valence-corrected chi connectivity index (χ0v) is 11.7. The van der Waals surface area contributed by atoms with Crippen molar-refractivity contribution in [2.24, 2.45) is 5.92 Å². The summed E-state index contributed by atoms with van der Waals surface area (Å²) in [6.07, 6.45) is 2.70. The first-order chi connectivity index (χ1) is 7.50. The highest BCUT2D eigenvalue weighted by molar-refractivity contribution is 4.79. The van der Waals surface area contributed by atoms with Gasteiger partial charge in [-0.15, -0.1) is 0 Å². The van der Waals surface area contributed by atoms with E-state index in [2.05, 4.69) is 50.1 Å². The van der Waals surface area contributed by atoms with Gasteiger partial charge < -0.3 is 15.1 Å². The average Bonchev–Trinajstić information content (AvgIpc) is 2.26. The van der Waals surface area contributed by atoms with Gasteiger partial charge in [-0.25, -0.2) is 0 Å². The fourth-order valence-electron chi connectivity index (χ4n) is 2.23. The van der Waals surface area contributed by atoms with Crippen LogP contribution in [0, 0.1) is 5.92 Å². The summed E-state index contributed by atoms with van der Waals surface area (Å²) in [5, 5.41) is 3.69. The Morgan fingerprint density at radius 2 is 1.81 bits per heavy atom. The van der Waals surface area contributed by atoms with Crippen LogP contribution in [0.5, 0.6) is 0 Å². The molecule has 0 spiro atoms. The fraction of sp³-hybridized carbons (Fsp3) is 1.00. The second kappa shape index (κ2) is 6.58. The van der Waals surface area contributed by atoms with Crippen molar-refractivity contribution < 1.29 is 0 Å². The van der Waals surface area contributed by atoms with E-state index >= 15 is 0 Å². The maximum atomic E-state index is 3.69. The lowest BCUT2D eigenvalue weighted by atomic mass is 9.90. The van der Waals surface area contributed by atoms with Crippen LogP contribution in [0.3, 0.4) is 0 Å². The Hall–Kier alpha value is -0.120. The lowest BCUT2D eigenvalue weighted by Crippen LogP contribution is -2.45. The van der Waals surface area contributed by atoms with Gasteiger partial charge in [-0.1, -0.05) is 0 Å². The first-order valence-corrected chi connectivity index (χ1v) is 6.59. The van der Waals surface area contributed by atoms with E-state index in [1.165, 1.54) is 25.9 Å². The molecular weight excluding hydrogens is 198 g/mol. The van der Waals surface area contributed by atoms with Crippen molar-refractivity contribution in [3.8, 4) is 0 Å². The van der Waals surface area contributed by atoms with Crippen molar-refractivity contribution in [3.05, 3.63) is 0 Å². The molecule has 1 fully saturated rings. The van der Waals surface area contributed by atoms with Crippen LogP contribution in [0.4, 0.5) is 0 Å². The van der Waals surface area contributed by atoms with Crippen LogP contribution in [0.15, 0.2) is 0 Å². The molecule has 0 amide bonds. The van der Waals surface area contributed by atoms with Crippen molar-refractivity contribution in [2.75, 3.05) is 40.8 Å². The van der Waals surface area contributed by atoms with Crippen molar-refractivity contribution in [3.63, 3.8) is 0 Å². The fourth-order valence-corrected chi connectivity index (χ4v) is 2.23. The monoisotopic (exact) mass is 227 g/mol. The van der Waals surface area contributed by atoms with Crippen molar-refractivity contribution >= 4 is 0 Å². The van der Waals surface area contributed by atoms with Crippen LogP contribution < -0.4 is 5.32 Å². The van der Waals surface area contributed by atoms with Gasteiger partial charge >= 0.3 is 0 Å². The predicted octanol–water partition coefficient (Wildman–Crippen LogP) is 1.26. The topological polar surface area (TPSA) is 18.5 Å². The minimum Gasteiger partial charge on any atom is -0.312 e. The largest absolute Gasteiger partial charge is 0.312 e. The summed E-state index contributed by atoms with van der Waals surface area (Å²) in [5.41, 5.74) is 0. The molecule has 1 N–H and O–H groups in total. The average molecular weight is 227 g/mol. The van der Waals surface area contributed by atoms with Crippen LogP contribution in [0.2, 0.25) is 0 Å². The van der Waals surface area contributed by atoms with E-state index < -0.39 is 0 Å². The number of piperidine rings is 1. The molecule has 16 heavy (non-hydrogen) atoms. The number of likely N-dealkylation sites (tertiary alicyclic amines) is 1. The van der Waals surface area contributed by atoms with Gasteiger partial charge in [-0.3, -0.25) is 0 Å². The Morgan fingerprint density at radius 1 is 1.25 bits per heavy atom. The number of hydrogen-bond acceptors (Lipinski definition) is 3. The van der Waals surface area contributed by atoms with Gasteiger partial charge in [-0.05, 0) is 66.8 Å². The van der Waals surface area contributed by atoms with Gasteiger partial charge in [0.25, 0.3) is 0 Å². The lowest BCUT2D eigenvalue weighted by Gasteiger charge is -2.34. The zero-order chi connectivity index (χ0) is 12.1. The summed E-state index contributed by atoms with van der Waals surface area (Å²) >= 11 is 0. The molecule has 1 aliphatic rings. The Balaban J connectivity index is 2.22. The molecule has 3 heteroatoms. The molecular formula is C13H29N3. The van der Waals surface area contributed by atoms with E-state index in [1.54, 1.807) is 0 Å². The predicted molar refractivity (Wildman–Crippen MR) is 70.8 cm³/mol. The van der Waals surface area contributed by atoms with Gasteiger partial charge in [0.2, 0.25) is 0 Å². The molecule has 0 aromatic carbocycles. The van der Waals surface area contributed by atoms with Gasteiger partial charge in [0.1, 0.15) is 0 Å². The highest BCUT2D eigenvalue weighted by Gasteiger charge is 2.22. The first kappa shape index (κ1) is 13.9. The maximum Gasteiger partial charge on any atom is 0.0186 e. The lowest BCUT2D eigenvalue weighted by molar-refractivity contribution is 0.184. The Labute approximate surface area is 101 Å². The summed E-state index contributed by atoms with van der Waals surface area (Å²) in [4.78, 5) is 4.71. The summed E-state index contributed by atoms with van der Waals surface area (Å²) in [6.45, 7) is 8.24. The van der Waals surface area contributed by atoms with E-state index in [1.807, 2.05) is 0 Å². The molecule has 0 aromatic rings. The summed E-state index contributed by atoms with van der Waals surface area (Å²) < 4.78 is 0. The van der Waals surface area contributed by atoms with E-state index in [4.69, 9.17) is 0 Å². The second-order valence-electron chi connectivity index (χ2n) is 5.65. The van der Waals surface area contributed by atoms with Crippen molar-refractivity contribution in [2.45, 2.75) is 38.8 Å². The molecule has 2 atom stereocenters. The second-order valence-corrected chi connectivity index (χ2v) is 5.65. The van der Waals surface area contributed by atoms with Crippen LogP contribution in [0.25, 0.3) is 0 Å². The van der Waals surface area contributed by atoms with Gasteiger partial charge in [0.05, 0.1) is 0 Å². The Bertz CT molecular complexity index is 186. The van der Waals surface area contributed by atoms with E-state index in [9.17, 15) is 0 Å². The molecule has 0 aliphatic carbocycles. The number of rotatable bonds is 5. The van der Waals surface area contributed by atoms with E-state index in [-0.39, 0.29) is 0 Å². The van der Waals surface area contributed by atoms with Crippen LogP contribution >= 0.6 is 0 Å². The Morgan fingerprint density at radius 3 is 2.31 bits per heavy atom. The van der Waals surface area contributed by atoms with E-state index in [0.29, 0.717) is 12.1 Å². The van der Waals surface area contributed by atoms with Gasteiger partial charge in [-0.2, -0.15) is 0 Å². The molecule has 1 heterocycles. The highest BCUT2D eigenvalue weighted by atomic mass is 15.1. The summed E-state index contributed by atoms with van der Waals surface area (Å²) in [5.74, 6) is 0.866. The molecule has 2 unspecified atom stereocenters. The number of nitrogens with one attached hydrogen (secondary N) is 1. The van der Waals surface area contributed by atoms with Gasteiger partial charge in [0.15, 0.2) is 0 Å². The molecule has 0 aromatic heterocycles. The normalized spacial score (nSPS) is 23.6. The number of likely N-dealkylation sites (N-methyl/N-ethyl adjacent to an activating group) is 1. The molecule has 1 rings (SSSR count). The standard InChI is InChI=1S/C13H29N3/c1-11(15(3)4)10-14-12(2)13-6-8-16(5)9-7-13/h11-14H,6-10H2,1-5H3. The molecule has 1 saturated heterocycles. The molecule has 96 valence electrons. The SMILES string of the molecule is CC(NCC(C)N(C)C)C1CCN(C)CC1. The first-order valence-electron chi connectivity index (χ1n) is 6.59. The molecule has 0 radical (unpaired) electrons. The van der Waals surface area contributed by atoms with Crippen LogP contribution in [0.1, 0.15) is 26.7 Å². The quantitative estimate of drug-likeness (QED) is 0.763. The molecule has 3 nitrogen and oxygen atoms in total. The maximum absolute atomic E-state index is 3.69. The smallest absolute Gasteiger partial charge is 0.0186 e. The number of hydrogen-bond donors (Lipinski definition) is 1.